The van der Waals surface area contributed by atoms with Crippen LogP contribution in [0.15, 0.2) is 24.3 Å². The fraction of sp³-hybridized carbons (Fsp3) is 0.364. The van der Waals surface area contributed by atoms with Crippen molar-refractivity contribution in [1.82, 2.24) is 0 Å². The van der Waals surface area contributed by atoms with Gasteiger partial charge in [0.05, 0.1) is 7.11 Å². The van der Waals surface area contributed by atoms with Crippen LogP contribution in [-0.4, -0.2) is 29.4 Å². The zero-order valence-electron chi connectivity index (χ0n) is 8.83. The van der Waals surface area contributed by atoms with Crippen molar-refractivity contribution in [2.75, 3.05) is 7.11 Å². The van der Waals surface area contributed by atoms with E-state index in [2.05, 4.69) is 17.4 Å². The molecule has 2 unspecified atom stereocenters. The molecule has 0 amide bonds. The summed E-state index contributed by atoms with van der Waals surface area (Å²) < 4.78 is 4.35. The zero-order chi connectivity index (χ0) is 12.1. The number of carbonyl (C=O) groups excluding carboxylic acids is 1. The van der Waals surface area contributed by atoms with Crippen molar-refractivity contribution in [1.29, 1.82) is 0 Å². The van der Waals surface area contributed by atoms with Gasteiger partial charge in [0.2, 0.25) is 0 Å². The van der Waals surface area contributed by atoms with Gasteiger partial charge in [0.25, 0.3) is 0 Å². The van der Waals surface area contributed by atoms with E-state index in [-0.39, 0.29) is 0 Å². The number of hydrogen-bond acceptors (Lipinski definition) is 5. The Balaban J connectivity index is 2.86. The number of aliphatic hydroxyl groups is 2. The number of rotatable bonds is 4. The third kappa shape index (κ3) is 2.98. The van der Waals surface area contributed by atoms with Crippen LogP contribution in [0.2, 0.25) is 0 Å². The van der Waals surface area contributed by atoms with Gasteiger partial charge in [-0.15, -0.1) is 0 Å². The molecule has 0 aliphatic carbocycles. The molecule has 0 bridgehead atoms. The van der Waals surface area contributed by atoms with Crippen LogP contribution < -0.4 is 0 Å². The van der Waals surface area contributed by atoms with Crippen LogP contribution >= 0.6 is 12.6 Å². The third-order valence-corrected chi connectivity index (χ3v) is 2.58. The van der Waals surface area contributed by atoms with E-state index in [0.29, 0.717) is 11.3 Å². The number of aliphatic hydroxyl groups excluding tert-OH is 2. The second kappa shape index (κ2) is 5.89. The Morgan fingerprint density at radius 1 is 1.50 bits per heavy atom. The van der Waals surface area contributed by atoms with Gasteiger partial charge in [0, 0.05) is 5.75 Å². The molecule has 1 aromatic carbocycles. The number of hydrogen-bond donors (Lipinski definition) is 3. The second-order valence-electron chi connectivity index (χ2n) is 3.32. The normalized spacial score (nSPS) is 14.2. The summed E-state index contributed by atoms with van der Waals surface area (Å²) in [5.41, 5.74) is 1.36. The van der Waals surface area contributed by atoms with Crippen molar-refractivity contribution in [2.45, 2.75) is 18.0 Å². The molecule has 0 heterocycles. The largest absolute Gasteiger partial charge is 0.467 e. The smallest absolute Gasteiger partial charge is 0.337 e. The van der Waals surface area contributed by atoms with Crippen molar-refractivity contribution >= 4 is 18.6 Å². The summed E-state index contributed by atoms with van der Waals surface area (Å²) in [6, 6.07) is 6.88. The van der Waals surface area contributed by atoms with Gasteiger partial charge in [-0.05, 0) is 11.1 Å². The number of ether oxygens (including phenoxy) is 1. The minimum absolute atomic E-state index is 0.462. The van der Waals surface area contributed by atoms with Crippen molar-refractivity contribution < 1.29 is 19.7 Å². The molecule has 2 atom stereocenters. The first-order chi connectivity index (χ1) is 7.60. The number of carbonyl (C=O) groups is 1. The highest BCUT2D eigenvalue weighted by atomic mass is 32.1. The van der Waals surface area contributed by atoms with Gasteiger partial charge in [-0.2, -0.15) is 12.6 Å². The molecular weight excluding hydrogens is 228 g/mol. The van der Waals surface area contributed by atoms with Crippen LogP contribution in [0, 0.1) is 0 Å². The maximum absolute atomic E-state index is 11.0. The Kier molecular flexibility index (Phi) is 4.79. The van der Waals surface area contributed by atoms with Crippen molar-refractivity contribution in [3.8, 4) is 0 Å². The number of thiol groups is 1. The van der Waals surface area contributed by atoms with E-state index in [4.69, 9.17) is 0 Å². The molecule has 4 nitrogen and oxygen atoms in total. The second-order valence-corrected chi connectivity index (χ2v) is 3.63. The first-order valence-electron chi connectivity index (χ1n) is 4.73. The van der Waals surface area contributed by atoms with Gasteiger partial charge >= 0.3 is 5.97 Å². The Labute approximate surface area is 99.3 Å². The molecule has 0 saturated heterocycles. The first-order valence-corrected chi connectivity index (χ1v) is 5.37. The average Bonchev–Trinajstić information content (AvgIpc) is 2.36. The van der Waals surface area contributed by atoms with Gasteiger partial charge in [-0.1, -0.05) is 24.3 Å². The summed E-state index contributed by atoms with van der Waals surface area (Å²) in [6.07, 6.45) is -2.85. The van der Waals surface area contributed by atoms with E-state index in [1.54, 1.807) is 18.2 Å². The first kappa shape index (κ1) is 13.0. The lowest BCUT2D eigenvalue weighted by Crippen LogP contribution is -2.29. The van der Waals surface area contributed by atoms with Crippen molar-refractivity contribution in [2.24, 2.45) is 0 Å². The van der Waals surface area contributed by atoms with Gasteiger partial charge in [0.1, 0.15) is 6.10 Å². The molecule has 1 aromatic rings. The molecule has 5 heteroatoms. The summed E-state index contributed by atoms with van der Waals surface area (Å²) in [5, 5.41) is 19.2. The predicted octanol–water partition coefficient (Wildman–Crippen LogP) is 0.684. The molecule has 0 spiro atoms. The lowest BCUT2D eigenvalue weighted by Gasteiger charge is -2.16. The highest BCUT2D eigenvalue weighted by Crippen LogP contribution is 2.19. The minimum Gasteiger partial charge on any atom is -0.467 e. The summed E-state index contributed by atoms with van der Waals surface area (Å²) in [5.74, 6) is -0.335. The molecule has 0 fully saturated rings. The van der Waals surface area contributed by atoms with Gasteiger partial charge in [-0.25, -0.2) is 4.79 Å². The number of benzene rings is 1. The van der Waals surface area contributed by atoms with E-state index >= 15 is 0 Å². The van der Waals surface area contributed by atoms with Crippen LogP contribution in [0.3, 0.4) is 0 Å². The van der Waals surface area contributed by atoms with Gasteiger partial charge in [-0.3, -0.25) is 0 Å². The maximum Gasteiger partial charge on any atom is 0.337 e. The van der Waals surface area contributed by atoms with Crippen LogP contribution in [0.1, 0.15) is 17.2 Å². The Hall–Kier alpha value is -1.04. The summed E-state index contributed by atoms with van der Waals surface area (Å²) in [7, 11) is 1.16. The van der Waals surface area contributed by atoms with Gasteiger partial charge < -0.3 is 14.9 Å². The lowest BCUT2D eigenvalue weighted by atomic mass is 10.0. The molecule has 2 N–H and O–H groups in total. The van der Waals surface area contributed by atoms with Gasteiger partial charge in [0.15, 0.2) is 6.10 Å². The fourth-order valence-electron chi connectivity index (χ4n) is 1.31. The van der Waals surface area contributed by atoms with Crippen LogP contribution in [-0.2, 0) is 15.3 Å². The van der Waals surface area contributed by atoms with Crippen molar-refractivity contribution in [3.63, 3.8) is 0 Å². The molecule has 0 aliphatic rings. The fourth-order valence-corrected chi connectivity index (χ4v) is 1.50. The maximum atomic E-state index is 11.0. The molecule has 88 valence electrons. The quantitative estimate of drug-likeness (QED) is 0.536. The molecule has 0 radical (unpaired) electrons. The SMILES string of the molecule is COC(=O)C(O)C(O)c1cccc(CS)c1. The highest BCUT2D eigenvalue weighted by molar-refractivity contribution is 7.79. The Bertz CT molecular complexity index is 367. The highest BCUT2D eigenvalue weighted by Gasteiger charge is 2.26. The molecular formula is C11H14O4S. The predicted molar refractivity (Wildman–Crippen MR) is 62.1 cm³/mol. The molecule has 0 aromatic heterocycles. The van der Waals surface area contributed by atoms with Crippen LogP contribution in [0.25, 0.3) is 0 Å². The van der Waals surface area contributed by atoms with Crippen molar-refractivity contribution in [3.05, 3.63) is 35.4 Å². The van der Waals surface area contributed by atoms with E-state index in [0.717, 1.165) is 12.7 Å². The van der Waals surface area contributed by atoms with E-state index in [9.17, 15) is 15.0 Å². The monoisotopic (exact) mass is 242 g/mol. The standard InChI is InChI=1S/C11H14O4S/c1-15-11(14)10(13)9(12)8-4-2-3-7(5-8)6-16/h2-5,9-10,12-13,16H,6H2,1H3. The molecule has 1 rings (SSSR count). The van der Waals surface area contributed by atoms with Crippen LogP contribution in [0.4, 0.5) is 0 Å². The molecule has 16 heavy (non-hydrogen) atoms. The van der Waals surface area contributed by atoms with E-state index < -0.39 is 18.2 Å². The summed E-state index contributed by atoms with van der Waals surface area (Å²) in [6.45, 7) is 0. The number of esters is 1. The molecule has 0 saturated carbocycles. The molecule has 0 aliphatic heterocycles. The number of methoxy groups -OCH3 is 1. The van der Waals surface area contributed by atoms with Crippen LogP contribution in [0.5, 0.6) is 0 Å². The van der Waals surface area contributed by atoms with E-state index in [1.165, 1.54) is 0 Å². The van der Waals surface area contributed by atoms with E-state index in [1.807, 2.05) is 6.07 Å². The Morgan fingerprint density at radius 3 is 2.75 bits per heavy atom. The average molecular weight is 242 g/mol. The topological polar surface area (TPSA) is 66.8 Å². The zero-order valence-corrected chi connectivity index (χ0v) is 9.72. The summed E-state index contributed by atoms with van der Waals surface area (Å²) in [4.78, 5) is 11.0. The Morgan fingerprint density at radius 2 is 2.19 bits per heavy atom. The minimum atomic E-state index is -1.57. The summed E-state index contributed by atoms with van der Waals surface area (Å²) >= 11 is 4.10. The third-order valence-electron chi connectivity index (χ3n) is 2.22. The lowest BCUT2D eigenvalue weighted by molar-refractivity contribution is -0.156.